The summed E-state index contributed by atoms with van der Waals surface area (Å²) in [6.45, 7) is -0.534. The van der Waals surface area contributed by atoms with E-state index in [1.165, 1.54) is 4.90 Å². The van der Waals surface area contributed by atoms with Gasteiger partial charge in [-0.05, 0) is 25.0 Å². The first-order chi connectivity index (χ1) is 10.6. The summed E-state index contributed by atoms with van der Waals surface area (Å²) in [6, 6.07) is 2.56. The second-order valence-corrected chi connectivity index (χ2v) is 5.48. The summed E-state index contributed by atoms with van der Waals surface area (Å²) in [5.74, 6) is -2.22. The van der Waals surface area contributed by atoms with Crippen LogP contribution in [0, 0.1) is 11.6 Å². The summed E-state index contributed by atoms with van der Waals surface area (Å²) in [5.41, 5.74) is -3.08. The third-order valence-corrected chi connectivity index (χ3v) is 3.78. The molecule has 0 saturated carbocycles. The molecule has 1 fully saturated rings. The number of hydrogen-bond donors (Lipinski definition) is 2. The lowest BCUT2D eigenvalue weighted by Crippen LogP contribution is -2.54. The molecule has 1 amide bonds. The van der Waals surface area contributed by atoms with E-state index in [1.54, 1.807) is 0 Å². The lowest BCUT2D eigenvalue weighted by atomic mass is 9.91. The van der Waals surface area contributed by atoms with Gasteiger partial charge in [-0.25, -0.2) is 8.78 Å². The maximum Gasteiger partial charge on any atom is 0.417 e. The molecule has 1 aliphatic rings. The van der Waals surface area contributed by atoms with E-state index < -0.39 is 42.2 Å². The zero-order valence-electron chi connectivity index (χ0n) is 12.0. The van der Waals surface area contributed by atoms with Gasteiger partial charge < -0.3 is 10.4 Å². The molecule has 9 heteroatoms. The van der Waals surface area contributed by atoms with Gasteiger partial charge >= 0.3 is 6.18 Å². The number of halogens is 5. The van der Waals surface area contributed by atoms with Crippen LogP contribution in [0.1, 0.15) is 12.8 Å². The van der Waals surface area contributed by atoms with Gasteiger partial charge in [0.2, 0.25) is 5.91 Å². The first kappa shape index (κ1) is 17.6. The van der Waals surface area contributed by atoms with Crippen LogP contribution in [-0.4, -0.2) is 47.3 Å². The predicted molar refractivity (Wildman–Crippen MR) is 71.7 cm³/mol. The minimum atomic E-state index is -4.72. The lowest BCUT2D eigenvalue weighted by molar-refractivity contribution is -0.272. The molecule has 0 aliphatic carbocycles. The Balaban J connectivity index is 1.89. The SMILES string of the molecule is O=C(CN1CCC(O)(C(F)(F)F)CC1)Nc1cc(F)ccc1F. The number of alkyl halides is 3. The molecule has 128 valence electrons. The van der Waals surface area contributed by atoms with Crippen LogP contribution in [0.15, 0.2) is 18.2 Å². The molecule has 0 aromatic heterocycles. The van der Waals surface area contributed by atoms with Crippen molar-refractivity contribution in [3.05, 3.63) is 29.8 Å². The number of piperidine rings is 1. The largest absolute Gasteiger partial charge is 0.417 e. The molecule has 4 nitrogen and oxygen atoms in total. The fourth-order valence-corrected chi connectivity index (χ4v) is 2.35. The number of carbonyl (C=O) groups is 1. The van der Waals surface area contributed by atoms with Gasteiger partial charge in [0.15, 0.2) is 5.60 Å². The summed E-state index contributed by atoms with van der Waals surface area (Å²) >= 11 is 0. The highest BCUT2D eigenvalue weighted by Gasteiger charge is 2.54. The smallest absolute Gasteiger partial charge is 0.380 e. The number of likely N-dealkylation sites (tertiary alicyclic amines) is 1. The Bertz CT molecular complexity index is 583. The number of nitrogens with zero attached hydrogens (tertiary/aromatic N) is 1. The zero-order chi connectivity index (χ0) is 17.3. The average molecular weight is 338 g/mol. The van der Waals surface area contributed by atoms with Gasteiger partial charge in [0, 0.05) is 19.2 Å². The molecule has 0 radical (unpaired) electrons. The summed E-state index contributed by atoms with van der Waals surface area (Å²) in [7, 11) is 0. The van der Waals surface area contributed by atoms with E-state index >= 15 is 0 Å². The normalized spacial score (nSPS) is 18.7. The van der Waals surface area contributed by atoms with E-state index in [4.69, 9.17) is 0 Å². The third-order valence-electron chi connectivity index (χ3n) is 3.78. The molecule has 0 unspecified atom stereocenters. The fraction of sp³-hybridized carbons (Fsp3) is 0.500. The molecule has 1 aliphatic heterocycles. The highest BCUT2D eigenvalue weighted by molar-refractivity contribution is 5.92. The van der Waals surface area contributed by atoms with Crippen LogP contribution in [0.3, 0.4) is 0 Å². The number of hydrogen-bond acceptors (Lipinski definition) is 3. The van der Waals surface area contributed by atoms with Crippen molar-refractivity contribution in [1.82, 2.24) is 4.90 Å². The Hall–Kier alpha value is -1.74. The second-order valence-electron chi connectivity index (χ2n) is 5.48. The minimum absolute atomic E-state index is 0.130. The van der Waals surface area contributed by atoms with Crippen molar-refractivity contribution >= 4 is 11.6 Å². The first-order valence-electron chi connectivity index (χ1n) is 6.87. The molecule has 23 heavy (non-hydrogen) atoms. The van der Waals surface area contributed by atoms with Crippen molar-refractivity contribution in [2.24, 2.45) is 0 Å². The monoisotopic (exact) mass is 338 g/mol. The number of rotatable bonds is 3. The van der Waals surface area contributed by atoms with Crippen LogP contribution in [0.2, 0.25) is 0 Å². The van der Waals surface area contributed by atoms with Crippen LogP contribution in [0.4, 0.5) is 27.6 Å². The molecule has 0 atom stereocenters. The molecule has 1 heterocycles. The van der Waals surface area contributed by atoms with Gasteiger partial charge in [0.1, 0.15) is 11.6 Å². The van der Waals surface area contributed by atoms with Crippen molar-refractivity contribution in [2.75, 3.05) is 25.0 Å². The van der Waals surface area contributed by atoms with Crippen molar-refractivity contribution in [3.8, 4) is 0 Å². The van der Waals surface area contributed by atoms with E-state index in [9.17, 15) is 31.9 Å². The molecule has 1 aromatic carbocycles. The van der Waals surface area contributed by atoms with Crippen LogP contribution in [-0.2, 0) is 4.79 Å². The van der Waals surface area contributed by atoms with Gasteiger partial charge in [-0.1, -0.05) is 0 Å². The Morgan fingerprint density at radius 3 is 2.43 bits per heavy atom. The summed E-state index contributed by atoms with van der Waals surface area (Å²) in [6.07, 6.45) is -5.80. The summed E-state index contributed by atoms with van der Waals surface area (Å²) < 4.78 is 64.4. The minimum Gasteiger partial charge on any atom is -0.380 e. The average Bonchev–Trinajstić information content (AvgIpc) is 2.44. The van der Waals surface area contributed by atoms with Gasteiger partial charge in [0.05, 0.1) is 12.2 Å². The highest BCUT2D eigenvalue weighted by Crippen LogP contribution is 2.38. The maximum atomic E-state index is 13.4. The van der Waals surface area contributed by atoms with Crippen LogP contribution in [0.25, 0.3) is 0 Å². The number of nitrogens with one attached hydrogen (secondary N) is 1. The van der Waals surface area contributed by atoms with Crippen molar-refractivity contribution in [2.45, 2.75) is 24.6 Å². The number of aliphatic hydroxyl groups is 1. The van der Waals surface area contributed by atoms with Crippen molar-refractivity contribution in [1.29, 1.82) is 0 Å². The van der Waals surface area contributed by atoms with E-state index in [2.05, 4.69) is 5.32 Å². The summed E-state index contributed by atoms with van der Waals surface area (Å²) in [4.78, 5) is 13.2. The Kier molecular flexibility index (Phi) is 4.90. The van der Waals surface area contributed by atoms with Crippen molar-refractivity contribution in [3.63, 3.8) is 0 Å². The standard InChI is InChI=1S/C14H15F5N2O2/c15-9-1-2-10(16)11(7-9)20-12(22)8-21-5-3-13(23,4-6-21)14(17,18)19/h1-2,7,23H,3-6,8H2,(H,20,22). The van der Waals surface area contributed by atoms with Gasteiger partial charge in [-0.3, -0.25) is 9.69 Å². The van der Waals surface area contributed by atoms with Crippen LogP contribution in [0.5, 0.6) is 0 Å². The van der Waals surface area contributed by atoms with E-state index in [0.717, 1.165) is 18.2 Å². The topological polar surface area (TPSA) is 52.6 Å². The van der Waals surface area contributed by atoms with Crippen molar-refractivity contribution < 1.29 is 31.9 Å². The van der Waals surface area contributed by atoms with E-state index in [-0.39, 0.29) is 25.3 Å². The molecule has 2 rings (SSSR count). The van der Waals surface area contributed by atoms with Gasteiger partial charge in [-0.2, -0.15) is 13.2 Å². The second kappa shape index (κ2) is 6.40. The Labute approximate surface area is 128 Å². The number of benzene rings is 1. The molecule has 2 N–H and O–H groups in total. The fourth-order valence-electron chi connectivity index (χ4n) is 2.35. The number of amides is 1. The maximum absolute atomic E-state index is 13.4. The van der Waals surface area contributed by atoms with E-state index in [1.807, 2.05) is 0 Å². The first-order valence-corrected chi connectivity index (χ1v) is 6.87. The van der Waals surface area contributed by atoms with E-state index in [0.29, 0.717) is 0 Å². The predicted octanol–water partition coefficient (Wildman–Crippen LogP) is 2.29. The van der Waals surface area contributed by atoms with Gasteiger partial charge in [0.25, 0.3) is 0 Å². The number of anilines is 1. The lowest BCUT2D eigenvalue weighted by Gasteiger charge is -2.38. The van der Waals surface area contributed by atoms with Crippen LogP contribution < -0.4 is 5.32 Å². The molecule has 1 aromatic rings. The van der Waals surface area contributed by atoms with Gasteiger partial charge in [-0.15, -0.1) is 0 Å². The highest BCUT2D eigenvalue weighted by atomic mass is 19.4. The summed E-state index contributed by atoms with van der Waals surface area (Å²) in [5, 5.41) is 11.7. The third kappa shape index (κ3) is 4.17. The molecule has 0 spiro atoms. The number of carbonyl (C=O) groups excluding carboxylic acids is 1. The Morgan fingerprint density at radius 1 is 1.26 bits per heavy atom. The molecule has 0 bridgehead atoms. The molecular formula is C14H15F5N2O2. The quantitative estimate of drug-likeness (QED) is 0.832. The zero-order valence-corrected chi connectivity index (χ0v) is 12.0. The molecule has 1 saturated heterocycles. The molecular weight excluding hydrogens is 323 g/mol. The Morgan fingerprint density at radius 2 is 1.87 bits per heavy atom. The van der Waals surface area contributed by atoms with Crippen LogP contribution >= 0.6 is 0 Å².